The Hall–Kier alpha value is -4.72. The van der Waals surface area contributed by atoms with Crippen LogP contribution in [0.15, 0.2) is 94.4 Å². The van der Waals surface area contributed by atoms with Crippen LogP contribution >= 0.6 is 0 Å². The Balaban J connectivity index is 1.43. The lowest BCUT2D eigenvalue weighted by atomic mass is 10.1. The normalized spacial score (nSPS) is 10.9. The first-order valence-electron chi connectivity index (χ1n) is 10.5. The van der Waals surface area contributed by atoms with Gasteiger partial charge in [0.2, 0.25) is 0 Å². The van der Waals surface area contributed by atoms with E-state index in [1.807, 2.05) is 30.3 Å². The van der Waals surface area contributed by atoms with Crippen molar-refractivity contribution in [1.29, 1.82) is 0 Å². The fourth-order valence-electron chi connectivity index (χ4n) is 3.30. The Bertz CT molecular complexity index is 1350. The maximum absolute atomic E-state index is 12.6. The summed E-state index contributed by atoms with van der Waals surface area (Å²) in [5.41, 5.74) is 4.88. The minimum Gasteiger partial charge on any atom is -0.488 e. The van der Waals surface area contributed by atoms with E-state index in [-0.39, 0.29) is 5.69 Å². The molecule has 0 bridgehead atoms. The third-order valence-electron chi connectivity index (χ3n) is 4.97. The van der Waals surface area contributed by atoms with Crippen LogP contribution < -0.4 is 10.2 Å². The average molecular weight is 455 g/mol. The summed E-state index contributed by atoms with van der Waals surface area (Å²) in [5.74, 6) is 0.657. The van der Waals surface area contributed by atoms with Crippen LogP contribution in [0.4, 0.5) is 5.69 Å². The molecule has 0 atom stereocenters. The minimum absolute atomic E-state index is 0.0433. The molecule has 0 saturated heterocycles. The number of carbonyl (C=O) groups is 1. The lowest BCUT2D eigenvalue weighted by molar-refractivity contribution is -0.384. The number of hydrogen-bond donors (Lipinski definition) is 1. The number of carbonyl (C=O) groups excluding carboxylic acids is 1. The molecule has 8 heteroatoms. The van der Waals surface area contributed by atoms with Crippen LogP contribution in [0.5, 0.6) is 5.75 Å². The highest BCUT2D eigenvalue weighted by Crippen LogP contribution is 2.31. The summed E-state index contributed by atoms with van der Waals surface area (Å²) < 4.78 is 11.5. The van der Waals surface area contributed by atoms with Gasteiger partial charge in [0, 0.05) is 6.07 Å². The van der Waals surface area contributed by atoms with Gasteiger partial charge >= 0.3 is 0 Å². The van der Waals surface area contributed by atoms with Crippen molar-refractivity contribution in [2.45, 2.75) is 13.5 Å². The van der Waals surface area contributed by atoms with Crippen molar-refractivity contribution >= 4 is 17.8 Å². The fourth-order valence-corrected chi connectivity index (χ4v) is 3.30. The molecular weight excluding hydrogens is 434 g/mol. The second-order valence-corrected chi connectivity index (χ2v) is 7.45. The van der Waals surface area contributed by atoms with Gasteiger partial charge in [-0.15, -0.1) is 0 Å². The van der Waals surface area contributed by atoms with E-state index < -0.39 is 10.8 Å². The molecule has 4 aromatic rings. The molecule has 34 heavy (non-hydrogen) atoms. The van der Waals surface area contributed by atoms with Crippen LogP contribution in [-0.4, -0.2) is 17.0 Å². The standard InChI is InChI=1S/C26H21N3O5/c1-18-11-13-21(23(15-18)29(31)32)25-14-12-20(34-25)16-27-28-26(30)22-9-5-6-10-24(22)33-17-19-7-3-2-4-8-19/h2-16H,17H2,1H3,(H,28,30)/b27-16+. The van der Waals surface area contributed by atoms with Gasteiger partial charge in [-0.05, 0) is 48.4 Å². The monoisotopic (exact) mass is 455 g/mol. The molecule has 0 aliphatic carbocycles. The van der Waals surface area contributed by atoms with Gasteiger partial charge in [-0.3, -0.25) is 14.9 Å². The van der Waals surface area contributed by atoms with Crippen LogP contribution in [0.25, 0.3) is 11.3 Å². The van der Waals surface area contributed by atoms with Crippen molar-refractivity contribution in [1.82, 2.24) is 5.43 Å². The third kappa shape index (κ3) is 5.36. The molecule has 1 heterocycles. The van der Waals surface area contributed by atoms with E-state index in [1.54, 1.807) is 55.5 Å². The molecule has 170 valence electrons. The molecule has 4 rings (SSSR count). The van der Waals surface area contributed by atoms with Crippen molar-refractivity contribution in [3.63, 3.8) is 0 Å². The second kappa shape index (κ2) is 10.3. The summed E-state index contributed by atoms with van der Waals surface area (Å²) in [5, 5.41) is 15.3. The van der Waals surface area contributed by atoms with E-state index in [0.717, 1.165) is 11.1 Å². The second-order valence-electron chi connectivity index (χ2n) is 7.45. The zero-order chi connectivity index (χ0) is 23.9. The SMILES string of the molecule is Cc1ccc(-c2ccc(/C=N/NC(=O)c3ccccc3OCc3ccccc3)o2)c([N+](=O)[O-])c1. The van der Waals surface area contributed by atoms with Gasteiger partial charge in [-0.25, -0.2) is 5.43 Å². The number of para-hydroxylation sites is 1. The largest absolute Gasteiger partial charge is 0.488 e. The predicted molar refractivity (Wildman–Crippen MR) is 128 cm³/mol. The molecule has 0 unspecified atom stereocenters. The van der Waals surface area contributed by atoms with Gasteiger partial charge in [0.05, 0.1) is 22.3 Å². The van der Waals surface area contributed by atoms with Crippen molar-refractivity contribution in [2.24, 2.45) is 5.10 Å². The fraction of sp³-hybridized carbons (Fsp3) is 0.0769. The first kappa shape index (κ1) is 22.5. The minimum atomic E-state index is -0.448. The van der Waals surface area contributed by atoms with Crippen LogP contribution in [0.2, 0.25) is 0 Å². The summed E-state index contributed by atoms with van der Waals surface area (Å²) in [6, 6.07) is 24.7. The van der Waals surface area contributed by atoms with Crippen LogP contribution in [-0.2, 0) is 6.61 Å². The number of aryl methyl sites for hydroxylation is 1. The number of amides is 1. The number of nitrogens with one attached hydrogen (secondary N) is 1. The van der Waals surface area contributed by atoms with E-state index in [4.69, 9.17) is 9.15 Å². The molecule has 0 fully saturated rings. The number of benzene rings is 3. The highest BCUT2D eigenvalue weighted by molar-refractivity contribution is 5.97. The number of hydrogen-bond acceptors (Lipinski definition) is 6. The van der Waals surface area contributed by atoms with Crippen molar-refractivity contribution < 1.29 is 18.9 Å². The van der Waals surface area contributed by atoms with Crippen LogP contribution in [0.1, 0.15) is 27.2 Å². The zero-order valence-corrected chi connectivity index (χ0v) is 18.3. The van der Waals surface area contributed by atoms with E-state index in [1.165, 1.54) is 12.3 Å². The maximum Gasteiger partial charge on any atom is 0.280 e. The van der Waals surface area contributed by atoms with Crippen LogP contribution in [0.3, 0.4) is 0 Å². The Morgan fingerprint density at radius 2 is 1.82 bits per heavy atom. The molecule has 1 aromatic heterocycles. The first-order chi connectivity index (χ1) is 16.5. The smallest absolute Gasteiger partial charge is 0.280 e. The van der Waals surface area contributed by atoms with Gasteiger partial charge in [0.25, 0.3) is 11.6 Å². The lowest BCUT2D eigenvalue weighted by Crippen LogP contribution is -2.18. The molecule has 0 saturated carbocycles. The quantitative estimate of drug-likeness (QED) is 0.214. The van der Waals surface area contributed by atoms with Crippen molar-refractivity contribution in [2.75, 3.05) is 0 Å². The number of rotatable bonds is 8. The first-order valence-corrected chi connectivity index (χ1v) is 10.5. The van der Waals surface area contributed by atoms with E-state index in [9.17, 15) is 14.9 Å². The van der Waals surface area contributed by atoms with Crippen molar-refractivity contribution in [3.8, 4) is 17.1 Å². The lowest BCUT2D eigenvalue weighted by Gasteiger charge is -2.10. The number of ether oxygens (including phenoxy) is 1. The summed E-state index contributed by atoms with van der Waals surface area (Å²) in [7, 11) is 0. The summed E-state index contributed by atoms with van der Waals surface area (Å²) in [4.78, 5) is 23.6. The molecule has 1 amide bonds. The number of nitro groups is 1. The Labute approximate surface area is 195 Å². The van der Waals surface area contributed by atoms with Crippen molar-refractivity contribution in [3.05, 3.63) is 117 Å². The van der Waals surface area contributed by atoms with Gasteiger partial charge in [-0.1, -0.05) is 48.5 Å². The highest BCUT2D eigenvalue weighted by Gasteiger charge is 2.18. The molecule has 1 N–H and O–H groups in total. The molecule has 3 aromatic carbocycles. The number of hydrazone groups is 1. The molecular formula is C26H21N3O5. The molecule has 0 spiro atoms. The number of nitrogens with zero attached hydrogens (tertiary/aromatic N) is 2. The highest BCUT2D eigenvalue weighted by atomic mass is 16.6. The predicted octanol–water partition coefficient (Wildman–Crippen LogP) is 5.51. The Morgan fingerprint density at radius 3 is 2.62 bits per heavy atom. The summed E-state index contributed by atoms with van der Waals surface area (Å²) >= 11 is 0. The summed E-state index contributed by atoms with van der Waals surface area (Å²) in [6.07, 6.45) is 1.33. The molecule has 0 aliphatic rings. The van der Waals surface area contributed by atoms with Gasteiger partial charge in [-0.2, -0.15) is 5.10 Å². The Morgan fingerprint density at radius 1 is 1.06 bits per heavy atom. The van der Waals surface area contributed by atoms with E-state index in [2.05, 4.69) is 10.5 Å². The van der Waals surface area contributed by atoms with Gasteiger partial charge < -0.3 is 9.15 Å². The van der Waals surface area contributed by atoms with E-state index in [0.29, 0.717) is 35.0 Å². The third-order valence-corrected chi connectivity index (χ3v) is 4.97. The molecule has 8 nitrogen and oxygen atoms in total. The van der Waals surface area contributed by atoms with Crippen LogP contribution in [0, 0.1) is 17.0 Å². The molecule has 0 radical (unpaired) electrons. The maximum atomic E-state index is 12.6. The Kier molecular flexibility index (Phi) is 6.78. The van der Waals surface area contributed by atoms with Gasteiger partial charge in [0.15, 0.2) is 0 Å². The zero-order valence-electron chi connectivity index (χ0n) is 18.3. The summed E-state index contributed by atoms with van der Waals surface area (Å²) in [6.45, 7) is 2.11. The molecule has 0 aliphatic heterocycles. The topological polar surface area (TPSA) is 107 Å². The van der Waals surface area contributed by atoms with E-state index >= 15 is 0 Å². The average Bonchev–Trinajstić information content (AvgIpc) is 3.32. The number of furan rings is 1. The van der Waals surface area contributed by atoms with Gasteiger partial charge in [0.1, 0.15) is 23.9 Å². The number of nitro benzene ring substituents is 1.